The largest absolute Gasteiger partial charge is 0.457 e. The Morgan fingerprint density at radius 2 is 1.85 bits per heavy atom. The monoisotopic (exact) mass is 369 g/mol. The van der Waals surface area contributed by atoms with E-state index in [2.05, 4.69) is 5.32 Å². The molecule has 5 nitrogen and oxygen atoms in total. The van der Waals surface area contributed by atoms with Crippen LogP contribution in [0.5, 0.6) is 0 Å². The van der Waals surface area contributed by atoms with Crippen LogP contribution in [0.25, 0.3) is 0 Å². The molecule has 26 heavy (non-hydrogen) atoms. The molecule has 2 aromatic carbocycles. The fraction of sp³-hybridized carbons (Fsp3) is 0.100. The van der Waals surface area contributed by atoms with Gasteiger partial charge in [0.25, 0.3) is 5.91 Å². The van der Waals surface area contributed by atoms with Crippen LogP contribution in [-0.2, 0) is 9.53 Å². The molecule has 0 saturated heterocycles. The number of amides is 1. The summed E-state index contributed by atoms with van der Waals surface area (Å²) in [5.74, 6) is -1.19. The van der Waals surface area contributed by atoms with Crippen molar-refractivity contribution in [2.75, 3.05) is 5.32 Å². The maximum Gasteiger partial charge on any atom is 0.375 e. The number of hydrogen-bond acceptors (Lipinski definition) is 4. The van der Waals surface area contributed by atoms with Gasteiger partial charge in [-0.1, -0.05) is 48.0 Å². The molecule has 0 saturated carbocycles. The molecule has 0 aliphatic heterocycles. The molecular weight excluding hydrogens is 354 g/mol. The van der Waals surface area contributed by atoms with Crippen molar-refractivity contribution in [1.29, 1.82) is 0 Å². The zero-order valence-electron chi connectivity index (χ0n) is 13.9. The molecule has 1 atom stereocenters. The molecule has 0 unspecified atom stereocenters. The van der Waals surface area contributed by atoms with Crippen molar-refractivity contribution in [2.45, 2.75) is 13.0 Å². The predicted molar refractivity (Wildman–Crippen MR) is 98.1 cm³/mol. The second-order valence-corrected chi connectivity index (χ2v) is 6.03. The quantitative estimate of drug-likeness (QED) is 0.657. The zero-order valence-corrected chi connectivity index (χ0v) is 14.7. The second kappa shape index (κ2) is 7.89. The van der Waals surface area contributed by atoms with Crippen molar-refractivity contribution in [3.8, 4) is 0 Å². The van der Waals surface area contributed by atoms with Crippen LogP contribution in [0.4, 0.5) is 5.69 Å². The Bertz CT molecular complexity index is 907. The number of hydrogen-bond donors (Lipinski definition) is 1. The lowest BCUT2D eigenvalue weighted by Crippen LogP contribution is -2.25. The molecule has 1 N–H and O–H groups in total. The Morgan fingerprint density at radius 1 is 1.08 bits per heavy atom. The molecule has 0 radical (unpaired) electrons. The Kier molecular flexibility index (Phi) is 5.39. The highest BCUT2D eigenvalue weighted by molar-refractivity contribution is 6.31. The number of aryl methyl sites for hydroxylation is 1. The summed E-state index contributed by atoms with van der Waals surface area (Å²) in [6, 6.07) is 17.0. The lowest BCUT2D eigenvalue weighted by atomic mass is 10.1. The van der Waals surface area contributed by atoms with E-state index in [9.17, 15) is 9.59 Å². The normalized spacial score (nSPS) is 11.6. The van der Waals surface area contributed by atoms with Gasteiger partial charge in [-0.05, 0) is 36.8 Å². The Labute approximate surface area is 155 Å². The molecule has 3 rings (SSSR count). The summed E-state index contributed by atoms with van der Waals surface area (Å²) in [5, 5.41) is 3.26. The highest BCUT2D eigenvalue weighted by Crippen LogP contribution is 2.24. The van der Waals surface area contributed by atoms with Crippen LogP contribution in [0.2, 0.25) is 5.02 Å². The van der Waals surface area contributed by atoms with E-state index in [0.717, 1.165) is 5.56 Å². The minimum absolute atomic E-state index is 0.0251. The van der Waals surface area contributed by atoms with Crippen LogP contribution >= 0.6 is 11.6 Å². The predicted octanol–water partition coefficient (Wildman–Crippen LogP) is 4.78. The van der Waals surface area contributed by atoms with Crippen LogP contribution < -0.4 is 5.32 Å². The topological polar surface area (TPSA) is 68.5 Å². The number of esters is 1. The molecule has 0 aliphatic carbocycles. The van der Waals surface area contributed by atoms with Gasteiger partial charge >= 0.3 is 5.97 Å². The molecule has 132 valence electrons. The number of anilines is 1. The van der Waals surface area contributed by atoms with Gasteiger partial charge in [0.1, 0.15) is 0 Å². The minimum atomic E-state index is -1.13. The summed E-state index contributed by atoms with van der Waals surface area (Å²) in [7, 11) is 0. The van der Waals surface area contributed by atoms with Crippen molar-refractivity contribution in [3.63, 3.8) is 0 Å². The number of halogens is 1. The number of nitrogens with one attached hydrogen (secondary N) is 1. The number of furan rings is 1. The molecule has 6 heteroatoms. The molecular formula is C20H16ClNO4. The first kappa shape index (κ1) is 17.8. The lowest BCUT2D eigenvalue weighted by molar-refractivity contribution is -0.125. The molecule has 0 fully saturated rings. The van der Waals surface area contributed by atoms with E-state index in [1.165, 1.54) is 12.3 Å². The third-order valence-corrected chi connectivity index (χ3v) is 4.13. The molecule has 1 amide bonds. The third-order valence-electron chi connectivity index (χ3n) is 3.73. The average molecular weight is 370 g/mol. The van der Waals surface area contributed by atoms with E-state index < -0.39 is 18.0 Å². The number of carbonyl (C=O) groups is 2. The van der Waals surface area contributed by atoms with E-state index in [1.807, 2.05) is 13.0 Å². The SMILES string of the molecule is Cc1ccc(NC(=O)[C@H](OC(=O)c2ccco2)c2ccccc2)cc1Cl. The second-order valence-electron chi connectivity index (χ2n) is 5.63. The number of rotatable bonds is 5. The molecule has 1 heterocycles. The highest BCUT2D eigenvalue weighted by Gasteiger charge is 2.26. The number of benzene rings is 2. The van der Waals surface area contributed by atoms with Crippen LogP contribution in [0.1, 0.15) is 27.8 Å². The van der Waals surface area contributed by atoms with E-state index in [0.29, 0.717) is 16.3 Å². The van der Waals surface area contributed by atoms with E-state index in [1.54, 1.807) is 48.5 Å². The summed E-state index contributed by atoms with van der Waals surface area (Å²) >= 11 is 6.10. The molecule has 0 bridgehead atoms. The van der Waals surface area contributed by atoms with Gasteiger partial charge in [-0.25, -0.2) is 4.79 Å². The van der Waals surface area contributed by atoms with Gasteiger partial charge in [-0.3, -0.25) is 4.79 Å². The highest BCUT2D eigenvalue weighted by atomic mass is 35.5. The minimum Gasteiger partial charge on any atom is -0.457 e. The maximum atomic E-state index is 12.8. The Balaban J connectivity index is 1.83. The summed E-state index contributed by atoms with van der Waals surface area (Å²) in [6.45, 7) is 1.87. The first-order chi connectivity index (χ1) is 12.5. The Morgan fingerprint density at radius 3 is 2.50 bits per heavy atom. The van der Waals surface area contributed by atoms with Gasteiger partial charge in [0.15, 0.2) is 0 Å². The van der Waals surface area contributed by atoms with Crippen LogP contribution in [0, 0.1) is 6.92 Å². The van der Waals surface area contributed by atoms with Crippen molar-refractivity contribution in [3.05, 3.63) is 88.8 Å². The maximum absolute atomic E-state index is 12.8. The van der Waals surface area contributed by atoms with Crippen molar-refractivity contribution >= 4 is 29.2 Å². The first-order valence-electron chi connectivity index (χ1n) is 7.91. The fourth-order valence-electron chi connectivity index (χ4n) is 2.34. The third kappa shape index (κ3) is 4.13. The summed E-state index contributed by atoms with van der Waals surface area (Å²) in [5.41, 5.74) is 1.96. The summed E-state index contributed by atoms with van der Waals surface area (Å²) < 4.78 is 10.4. The van der Waals surface area contributed by atoms with Crippen molar-refractivity contribution in [1.82, 2.24) is 0 Å². The smallest absolute Gasteiger partial charge is 0.375 e. The molecule has 1 aromatic heterocycles. The standard InChI is InChI=1S/C20H16ClNO4/c1-13-9-10-15(12-16(13)21)22-19(23)18(14-6-3-2-4-7-14)26-20(24)17-8-5-11-25-17/h2-12,18H,1H3,(H,22,23)/t18-/m1/s1. The average Bonchev–Trinajstić information content (AvgIpc) is 3.18. The molecule has 0 aliphatic rings. The van der Waals surface area contributed by atoms with E-state index in [-0.39, 0.29) is 5.76 Å². The van der Waals surface area contributed by atoms with Gasteiger partial charge in [0, 0.05) is 16.3 Å². The fourth-order valence-corrected chi connectivity index (χ4v) is 2.52. The van der Waals surface area contributed by atoms with Gasteiger partial charge < -0.3 is 14.5 Å². The van der Waals surface area contributed by atoms with Crippen LogP contribution in [0.15, 0.2) is 71.3 Å². The lowest BCUT2D eigenvalue weighted by Gasteiger charge is -2.17. The molecule has 0 spiro atoms. The van der Waals surface area contributed by atoms with Gasteiger partial charge in [0.2, 0.25) is 11.9 Å². The van der Waals surface area contributed by atoms with Crippen LogP contribution in [-0.4, -0.2) is 11.9 Å². The summed E-state index contributed by atoms with van der Waals surface area (Å²) in [6.07, 6.45) is 0.233. The van der Waals surface area contributed by atoms with E-state index >= 15 is 0 Å². The number of carbonyl (C=O) groups excluding carboxylic acids is 2. The number of ether oxygens (including phenoxy) is 1. The zero-order chi connectivity index (χ0) is 18.5. The first-order valence-corrected chi connectivity index (χ1v) is 8.29. The molecule has 3 aromatic rings. The van der Waals surface area contributed by atoms with Crippen molar-refractivity contribution in [2.24, 2.45) is 0 Å². The van der Waals surface area contributed by atoms with Crippen molar-refractivity contribution < 1.29 is 18.7 Å². The van der Waals surface area contributed by atoms with Gasteiger partial charge in [-0.2, -0.15) is 0 Å². The van der Waals surface area contributed by atoms with E-state index in [4.69, 9.17) is 20.8 Å². The summed E-state index contributed by atoms with van der Waals surface area (Å²) in [4.78, 5) is 25.0. The van der Waals surface area contributed by atoms with Gasteiger partial charge in [0.05, 0.1) is 6.26 Å². The van der Waals surface area contributed by atoms with Crippen LogP contribution in [0.3, 0.4) is 0 Å². The van der Waals surface area contributed by atoms with Gasteiger partial charge in [-0.15, -0.1) is 0 Å². The Hall–Kier alpha value is -3.05.